The summed E-state index contributed by atoms with van der Waals surface area (Å²) in [6.45, 7) is 8.69. The third-order valence-electron chi connectivity index (χ3n) is 3.49. The first-order valence-electron chi connectivity index (χ1n) is 9.25. The van der Waals surface area contributed by atoms with Crippen LogP contribution in [0.2, 0.25) is 0 Å². The zero-order valence-corrected chi connectivity index (χ0v) is 15.7. The van der Waals surface area contributed by atoms with Crippen LogP contribution in [0.3, 0.4) is 0 Å². The van der Waals surface area contributed by atoms with Gasteiger partial charge in [-0.1, -0.05) is 53.4 Å². The summed E-state index contributed by atoms with van der Waals surface area (Å²) in [5.74, 6) is 0. The molecule has 2 atom stereocenters. The van der Waals surface area contributed by atoms with Gasteiger partial charge in [0.25, 0.3) is 0 Å². The second kappa shape index (κ2) is 15.1. The summed E-state index contributed by atoms with van der Waals surface area (Å²) in [7, 11) is 0. The van der Waals surface area contributed by atoms with E-state index in [0.29, 0.717) is 26.1 Å². The Morgan fingerprint density at radius 2 is 1.04 bits per heavy atom. The molecule has 2 unspecified atom stereocenters. The maximum atomic E-state index is 11.8. The van der Waals surface area contributed by atoms with Gasteiger partial charge in [0, 0.05) is 0 Å². The Bertz CT molecular complexity index is 299. The fraction of sp³-hybridized carbons (Fsp3) is 0.889. The molecule has 0 aromatic heterocycles. The van der Waals surface area contributed by atoms with Gasteiger partial charge in [-0.2, -0.15) is 0 Å². The minimum absolute atomic E-state index is 0.340. The Kier molecular flexibility index (Phi) is 14.2. The lowest BCUT2D eigenvalue weighted by Gasteiger charge is -2.26. The van der Waals surface area contributed by atoms with Crippen molar-refractivity contribution >= 4 is 12.3 Å². The molecule has 0 fully saturated rings. The van der Waals surface area contributed by atoms with Crippen LogP contribution in [-0.4, -0.2) is 37.7 Å². The maximum absolute atomic E-state index is 11.8. The van der Waals surface area contributed by atoms with E-state index >= 15 is 0 Å². The van der Waals surface area contributed by atoms with Crippen LogP contribution in [0, 0.1) is 0 Å². The lowest BCUT2D eigenvalue weighted by atomic mass is 10.0. The fourth-order valence-corrected chi connectivity index (χ4v) is 2.13. The van der Waals surface area contributed by atoms with Crippen molar-refractivity contribution in [2.24, 2.45) is 0 Å². The summed E-state index contributed by atoms with van der Waals surface area (Å²) in [6.07, 6.45) is 3.88. The zero-order chi connectivity index (χ0) is 18.2. The number of hydrogen-bond donors (Lipinski definition) is 0. The van der Waals surface area contributed by atoms with E-state index in [2.05, 4.69) is 0 Å². The van der Waals surface area contributed by atoms with E-state index in [4.69, 9.17) is 18.9 Å². The summed E-state index contributed by atoms with van der Waals surface area (Å²) >= 11 is 0. The topological polar surface area (TPSA) is 71.1 Å². The van der Waals surface area contributed by atoms with Crippen LogP contribution in [0.5, 0.6) is 0 Å². The van der Waals surface area contributed by atoms with E-state index in [1.54, 1.807) is 0 Å². The molecule has 0 radical (unpaired) electrons. The molecule has 0 bridgehead atoms. The standard InChI is InChI=1S/C18H34O6/c1-5-9-13-21-17(19)23-15(11-7-3)16(12-8-4)24-18(20)22-14-10-6-2/h15-16H,5-14H2,1-4H3. The molecular weight excluding hydrogens is 312 g/mol. The molecule has 142 valence electrons. The van der Waals surface area contributed by atoms with Gasteiger partial charge in [0.2, 0.25) is 0 Å². The molecule has 0 N–H and O–H groups in total. The quantitative estimate of drug-likeness (QED) is 0.336. The molecule has 0 amide bonds. The van der Waals surface area contributed by atoms with E-state index in [0.717, 1.165) is 38.5 Å². The Morgan fingerprint density at radius 3 is 1.33 bits per heavy atom. The first-order valence-corrected chi connectivity index (χ1v) is 9.25. The first kappa shape index (κ1) is 22.5. The average Bonchev–Trinajstić information content (AvgIpc) is 2.54. The third kappa shape index (κ3) is 11.1. The molecule has 0 aromatic carbocycles. The van der Waals surface area contributed by atoms with E-state index in [1.165, 1.54) is 0 Å². The number of carbonyl (C=O) groups is 2. The Balaban J connectivity index is 4.58. The number of carbonyl (C=O) groups excluding carboxylic acids is 2. The number of hydrogen-bond acceptors (Lipinski definition) is 6. The number of rotatable bonds is 13. The van der Waals surface area contributed by atoms with Gasteiger partial charge in [0.05, 0.1) is 13.2 Å². The van der Waals surface area contributed by atoms with Crippen LogP contribution in [0.1, 0.15) is 79.1 Å². The van der Waals surface area contributed by atoms with Gasteiger partial charge in [-0.25, -0.2) is 9.59 Å². The predicted octanol–water partition coefficient (Wildman–Crippen LogP) is 5.23. The molecule has 0 aliphatic rings. The molecule has 0 aliphatic heterocycles. The lowest BCUT2D eigenvalue weighted by Crippen LogP contribution is -2.35. The van der Waals surface area contributed by atoms with Crippen molar-refractivity contribution in [2.75, 3.05) is 13.2 Å². The highest BCUT2D eigenvalue weighted by molar-refractivity contribution is 5.61. The minimum Gasteiger partial charge on any atom is -0.434 e. The smallest absolute Gasteiger partial charge is 0.434 e. The molecule has 0 aliphatic carbocycles. The Labute approximate surface area is 146 Å². The van der Waals surface area contributed by atoms with Crippen LogP contribution in [0.4, 0.5) is 9.59 Å². The van der Waals surface area contributed by atoms with Crippen LogP contribution in [0.15, 0.2) is 0 Å². The van der Waals surface area contributed by atoms with Crippen LogP contribution in [0.25, 0.3) is 0 Å². The van der Waals surface area contributed by atoms with Crippen LogP contribution < -0.4 is 0 Å². The van der Waals surface area contributed by atoms with Crippen molar-refractivity contribution in [3.8, 4) is 0 Å². The van der Waals surface area contributed by atoms with Crippen molar-refractivity contribution in [1.29, 1.82) is 0 Å². The molecule has 0 saturated heterocycles. The van der Waals surface area contributed by atoms with Crippen LogP contribution >= 0.6 is 0 Å². The highest BCUT2D eigenvalue weighted by Gasteiger charge is 2.28. The van der Waals surface area contributed by atoms with Crippen molar-refractivity contribution in [1.82, 2.24) is 0 Å². The maximum Gasteiger partial charge on any atom is 0.508 e. The lowest BCUT2D eigenvalue weighted by molar-refractivity contribution is -0.0615. The summed E-state index contributed by atoms with van der Waals surface area (Å²) < 4.78 is 20.8. The predicted molar refractivity (Wildman–Crippen MR) is 92.1 cm³/mol. The normalized spacial score (nSPS) is 13.0. The molecule has 0 saturated carbocycles. The van der Waals surface area contributed by atoms with Crippen LogP contribution in [-0.2, 0) is 18.9 Å². The third-order valence-corrected chi connectivity index (χ3v) is 3.49. The molecule has 6 nitrogen and oxygen atoms in total. The average molecular weight is 346 g/mol. The van der Waals surface area contributed by atoms with Gasteiger partial charge in [-0.05, 0) is 25.7 Å². The highest BCUT2D eigenvalue weighted by atomic mass is 16.8. The second-order valence-corrected chi connectivity index (χ2v) is 5.79. The summed E-state index contributed by atoms with van der Waals surface area (Å²) in [5, 5.41) is 0. The molecule has 0 heterocycles. The molecular formula is C18H34O6. The van der Waals surface area contributed by atoms with Gasteiger partial charge in [0.1, 0.15) is 12.2 Å². The molecule has 6 heteroatoms. The summed E-state index contributed by atoms with van der Waals surface area (Å²) in [5.41, 5.74) is 0. The van der Waals surface area contributed by atoms with E-state index < -0.39 is 24.5 Å². The van der Waals surface area contributed by atoms with Crippen molar-refractivity contribution in [3.05, 3.63) is 0 Å². The Hall–Kier alpha value is -1.46. The van der Waals surface area contributed by atoms with Gasteiger partial charge < -0.3 is 18.9 Å². The number of ether oxygens (including phenoxy) is 4. The molecule has 0 spiro atoms. The largest absolute Gasteiger partial charge is 0.508 e. The minimum atomic E-state index is -0.703. The van der Waals surface area contributed by atoms with Crippen molar-refractivity contribution < 1.29 is 28.5 Å². The summed E-state index contributed by atoms with van der Waals surface area (Å²) in [6, 6.07) is 0. The molecule has 0 rings (SSSR count). The van der Waals surface area contributed by atoms with E-state index in [9.17, 15) is 9.59 Å². The fourth-order valence-electron chi connectivity index (χ4n) is 2.13. The first-order chi connectivity index (χ1) is 11.6. The molecule has 24 heavy (non-hydrogen) atoms. The van der Waals surface area contributed by atoms with Gasteiger partial charge in [-0.15, -0.1) is 0 Å². The monoisotopic (exact) mass is 346 g/mol. The number of unbranched alkanes of at least 4 members (excludes halogenated alkanes) is 2. The zero-order valence-electron chi connectivity index (χ0n) is 15.7. The SMILES string of the molecule is CCCCOC(=O)OC(CCC)C(CCC)OC(=O)OCCCC. The van der Waals surface area contributed by atoms with Gasteiger partial charge >= 0.3 is 12.3 Å². The van der Waals surface area contributed by atoms with Gasteiger partial charge in [0.15, 0.2) is 0 Å². The van der Waals surface area contributed by atoms with E-state index in [-0.39, 0.29) is 0 Å². The van der Waals surface area contributed by atoms with Gasteiger partial charge in [-0.3, -0.25) is 0 Å². The second-order valence-electron chi connectivity index (χ2n) is 5.79. The van der Waals surface area contributed by atoms with Crippen molar-refractivity contribution in [2.45, 2.75) is 91.3 Å². The van der Waals surface area contributed by atoms with Crippen molar-refractivity contribution in [3.63, 3.8) is 0 Å². The molecule has 0 aromatic rings. The summed E-state index contributed by atoms with van der Waals surface area (Å²) in [4.78, 5) is 23.6. The van der Waals surface area contributed by atoms with E-state index in [1.807, 2.05) is 27.7 Å². The Morgan fingerprint density at radius 1 is 0.667 bits per heavy atom. The highest BCUT2D eigenvalue weighted by Crippen LogP contribution is 2.17.